The Morgan fingerprint density at radius 3 is 1.29 bits per heavy atom. The molecule has 0 aliphatic carbocycles. The van der Waals surface area contributed by atoms with Crippen molar-refractivity contribution in [2.75, 3.05) is 0 Å². The zero-order chi connectivity index (χ0) is 12.0. The fraction of sp³-hybridized carbons (Fsp3) is 0. The fourth-order valence-electron chi connectivity index (χ4n) is 0.825. The number of hydrogen-bond donors (Lipinski definition) is 0. The average Bonchev–Trinajstić information content (AvgIpc) is 2.28. The van der Waals surface area contributed by atoms with Crippen molar-refractivity contribution in [2.45, 2.75) is 0 Å². The first-order valence-electron chi connectivity index (χ1n) is 4.31. The largest absolute Gasteiger partial charge is 0.805 e. The van der Waals surface area contributed by atoms with Gasteiger partial charge in [-0.25, -0.2) is 0 Å². The van der Waals surface area contributed by atoms with Crippen LogP contribution in [0.4, 0.5) is 0 Å². The van der Waals surface area contributed by atoms with Crippen LogP contribution in [0.5, 0.6) is 0 Å². The van der Waals surface area contributed by atoms with Crippen LogP contribution in [0.3, 0.4) is 0 Å². The molecule has 0 amide bonds. The third kappa shape index (κ3) is 5.72. The molecule has 2 aromatic rings. The van der Waals surface area contributed by atoms with E-state index in [1.807, 2.05) is 0 Å². The second-order valence-electron chi connectivity index (χ2n) is 2.73. The normalized spacial score (nSPS) is 8.47. The number of nitrogens with zero attached hydrogens (tertiary/aromatic N) is 2. The number of hydrogen-bond acceptors (Lipinski definition) is 4. The van der Waals surface area contributed by atoms with E-state index in [-0.39, 0.29) is 19.5 Å². The van der Waals surface area contributed by atoms with Gasteiger partial charge in [0.1, 0.15) is 9.28 Å². The standard InChI is InChI=1S/2C5H4NOS.Zn/c2*7-6-4-2-1-3-5(6)8;/h2*1-4H;/q2*-1;. The molecule has 2 aromatic heterocycles. The molecule has 2 rings (SSSR count). The summed E-state index contributed by atoms with van der Waals surface area (Å²) in [6, 6.07) is 9.92. The van der Waals surface area contributed by atoms with Crippen LogP contribution >= 0.6 is 24.4 Å². The van der Waals surface area contributed by atoms with Gasteiger partial charge < -0.3 is 19.9 Å². The Balaban J connectivity index is 0.000000284. The Morgan fingerprint density at radius 1 is 0.765 bits per heavy atom. The van der Waals surface area contributed by atoms with E-state index in [4.69, 9.17) is 0 Å². The topological polar surface area (TPSA) is 56.0 Å². The van der Waals surface area contributed by atoms with Gasteiger partial charge in [-0.1, -0.05) is 36.6 Å². The summed E-state index contributed by atoms with van der Waals surface area (Å²) in [5.41, 5.74) is 0. The molecule has 2 heterocycles. The van der Waals surface area contributed by atoms with Crippen LogP contribution in [0, 0.1) is 19.7 Å². The van der Waals surface area contributed by atoms with Gasteiger partial charge in [-0.3, -0.25) is 0 Å². The summed E-state index contributed by atoms with van der Waals surface area (Å²) in [4.78, 5) is 0. The van der Waals surface area contributed by atoms with Crippen molar-refractivity contribution in [1.82, 2.24) is 9.46 Å². The number of pyridine rings is 2. The van der Waals surface area contributed by atoms with Crippen LogP contribution in [0.2, 0.25) is 0 Å². The van der Waals surface area contributed by atoms with Crippen LogP contribution in [-0.2, 0) is 19.5 Å². The predicted molar refractivity (Wildman–Crippen MR) is 68.1 cm³/mol. The Labute approximate surface area is 121 Å². The van der Waals surface area contributed by atoms with Crippen LogP contribution in [-0.4, -0.2) is 9.46 Å². The van der Waals surface area contributed by atoms with Crippen molar-refractivity contribution in [3.05, 3.63) is 68.5 Å². The Kier molecular flexibility index (Phi) is 7.62. The maximum atomic E-state index is 10.4. The van der Waals surface area contributed by atoms with Crippen molar-refractivity contribution in [2.24, 2.45) is 0 Å². The van der Waals surface area contributed by atoms with E-state index in [1.165, 1.54) is 12.4 Å². The predicted octanol–water partition coefficient (Wildman–Crippen LogP) is 3.12. The van der Waals surface area contributed by atoms with Crippen molar-refractivity contribution in [3.63, 3.8) is 0 Å². The summed E-state index contributed by atoms with van der Waals surface area (Å²) in [7, 11) is 0. The zero-order valence-corrected chi connectivity index (χ0v) is 13.5. The Morgan fingerprint density at radius 2 is 1.12 bits per heavy atom. The van der Waals surface area contributed by atoms with Crippen molar-refractivity contribution < 1.29 is 19.5 Å². The molecule has 7 heteroatoms. The van der Waals surface area contributed by atoms with E-state index in [0.717, 1.165) is 0 Å². The summed E-state index contributed by atoms with van der Waals surface area (Å²) in [6.45, 7) is 0. The second kappa shape index (κ2) is 8.11. The molecule has 0 N–H and O–H groups in total. The van der Waals surface area contributed by atoms with Gasteiger partial charge in [-0.15, -0.1) is 0 Å². The van der Waals surface area contributed by atoms with Gasteiger partial charge in [0, 0.05) is 19.5 Å². The minimum atomic E-state index is 0. The minimum Gasteiger partial charge on any atom is -0.805 e. The van der Waals surface area contributed by atoms with E-state index < -0.39 is 0 Å². The second-order valence-corrected chi connectivity index (χ2v) is 3.57. The van der Waals surface area contributed by atoms with E-state index in [0.29, 0.717) is 18.7 Å². The summed E-state index contributed by atoms with van der Waals surface area (Å²) < 4.78 is 1.92. The van der Waals surface area contributed by atoms with Gasteiger partial charge in [-0.2, -0.15) is 0 Å². The smallest absolute Gasteiger partial charge is 0.101 e. The first-order chi connectivity index (χ1) is 7.61. The van der Waals surface area contributed by atoms with Crippen molar-refractivity contribution in [3.8, 4) is 0 Å². The fourth-order valence-corrected chi connectivity index (χ4v) is 1.10. The summed E-state index contributed by atoms with van der Waals surface area (Å²) in [6.07, 6.45) is 2.75. The quantitative estimate of drug-likeness (QED) is 0.553. The van der Waals surface area contributed by atoms with Crippen LogP contribution in [0.1, 0.15) is 0 Å². The molecule has 0 unspecified atom stereocenters. The third-order valence-corrected chi connectivity index (χ3v) is 2.21. The first-order valence-corrected chi connectivity index (χ1v) is 5.13. The summed E-state index contributed by atoms with van der Waals surface area (Å²) in [5.74, 6) is 0. The average molecular weight is 318 g/mol. The van der Waals surface area contributed by atoms with Gasteiger partial charge >= 0.3 is 0 Å². The monoisotopic (exact) mass is 316 g/mol. The molecule has 86 valence electrons. The molecule has 0 spiro atoms. The molecule has 0 aliphatic rings. The van der Waals surface area contributed by atoms with Crippen molar-refractivity contribution >= 4 is 24.4 Å². The Bertz CT molecular complexity index is 517. The molecule has 0 saturated carbocycles. The number of aromatic nitrogens is 2. The molecule has 0 aromatic carbocycles. The maximum Gasteiger partial charge on any atom is 0.101 e. The van der Waals surface area contributed by atoms with Crippen LogP contribution < -0.4 is 0 Å². The summed E-state index contributed by atoms with van der Waals surface area (Å²) in [5, 5.41) is 20.9. The molecule has 0 bridgehead atoms. The van der Waals surface area contributed by atoms with Gasteiger partial charge in [0.05, 0.1) is 0 Å². The van der Waals surface area contributed by atoms with Gasteiger partial charge in [-0.05, 0) is 36.7 Å². The van der Waals surface area contributed by atoms with E-state index in [1.54, 1.807) is 36.4 Å². The summed E-state index contributed by atoms with van der Waals surface area (Å²) >= 11 is 9.21. The molecule has 17 heavy (non-hydrogen) atoms. The van der Waals surface area contributed by atoms with E-state index in [2.05, 4.69) is 24.4 Å². The molecular weight excluding hydrogens is 310 g/mol. The molecule has 0 atom stereocenters. The van der Waals surface area contributed by atoms with Crippen molar-refractivity contribution in [1.29, 1.82) is 0 Å². The molecule has 0 radical (unpaired) electrons. The Hall–Kier alpha value is -1.04. The number of rotatable bonds is 0. The first kappa shape index (κ1) is 16.0. The SMILES string of the molecule is [O-]n1ccccc1=S.[O-]n1ccccc1=S.[Zn]. The van der Waals surface area contributed by atoms with Crippen LogP contribution in [0.25, 0.3) is 0 Å². The molecule has 0 aliphatic heterocycles. The van der Waals surface area contributed by atoms with Crippen LogP contribution in [0.15, 0.2) is 48.8 Å². The van der Waals surface area contributed by atoms with E-state index in [9.17, 15) is 10.4 Å². The van der Waals surface area contributed by atoms with Gasteiger partial charge in [0.15, 0.2) is 0 Å². The molecule has 0 saturated heterocycles. The molecule has 0 fully saturated rings. The maximum absolute atomic E-state index is 10.4. The van der Waals surface area contributed by atoms with Gasteiger partial charge in [0.25, 0.3) is 0 Å². The third-order valence-electron chi connectivity index (χ3n) is 1.58. The van der Waals surface area contributed by atoms with Gasteiger partial charge in [0.2, 0.25) is 0 Å². The van der Waals surface area contributed by atoms with E-state index >= 15 is 0 Å². The minimum absolute atomic E-state index is 0. The zero-order valence-electron chi connectivity index (χ0n) is 8.85. The molecule has 4 nitrogen and oxygen atoms in total. The molecular formula is C10H8N2O2S2Zn-2.